The Kier molecular flexibility index (Phi) is 5.32. The van der Waals surface area contributed by atoms with Gasteiger partial charge in [-0.3, -0.25) is 4.79 Å². The van der Waals surface area contributed by atoms with Crippen molar-refractivity contribution in [1.29, 1.82) is 0 Å². The Balaban J connectivity index is 1.88. The van der Waals surface area contributed by atoms with Crippen LogP contribution in [0.1, 0.15) is 12.0 Å². The molecule has 0 radical (unpaired) electrons. The number of carbonyl (C=O) groups is 1. The third-order valence-electron chi connectivity index (χ3n) is 3.56. The second-order valence-electron chi connectivity index (χ2n) is 5.13. The van der Waals surface area contributed by atoms with E-state index in [2.05, 4.69) is 6.08 Å². The van der Waals surface area contributed by atoms with Gasteiger partial charge in [0.2, 0.25) is 5.91 Å². The Hall–Kier alpha value is -1.65. The molecule has 4 nitrogen and oxygen atoms in total. The molecule has 1 amide bonds. The first-order chi connectivity index (χ1) is 9.70. The van der Waals surface area contributed by atoms with Crippen LogP contribution in [0, 0.1) is 0 Å². The summed E-state index contributed by atoms with van der Waals surface area (Å²) in [5.74, 6) is 0.0292. The number of rotatable bonds is 5. The molecule has 1 atom stereocenters. The summed E-state index contributed by atoms with van der Waals surface area (Å²) in [5, 5.41) is 0. The van der Waals surface area contributed by atoms with E-state index < -0.39 is 6.04 Å². The average molecular weight is 274 g/mol. The maximum atomic E-state index is 12.3. The molecular weight excluding hydrogens is 252 g/mol. The second-order valence-corrected chi connectivity index (χ2v) is 5.13. The Morgan fingerprint density at radius 3 is 2.75 bits per heavy atom. The van der Waals surface area contributed by atoms with Crippen molar-refractivity contribution >= 4 is 5.91 Å². The minimum atomic E-state index is -0.463. The quantitative estimate of drug-likeness (QED) is 0.825. The highest BCUT2D eigenvalue weighted by molar-refractivity contribution is 5.82. The predicted octanol–water partition coefficient (Wildman–Crippen LogP) is 1.36. The summed E-state index contributed by atoms with van der Waals surface area (Å²) in [6, 6.07) is 9.43. The molecule has 0 bridgehead atoms. The Labute approximate surface area is 120 Å². The topological polar surface area (TPSA) is 55.6 Å². The largest absolute Gasteiger partial charge is 0.380 e. The molecule has 1 aromatic carbocycles. The van der Waals surface area contributed by atoms with E-state index in [-0.39, 0.29) is 5.91 Å². The van der Waals surface area contributed by atoms with Gasteiger partial charge in [0.1, 0.15) is 0 Å². The number of carbonyl (C=O) groups excluding carboxylic acids is 1. The molecule has 0 aliphatic carbocycles. The fraction of sp³-hybridized carbons (Fsp3) is 0.438. The van der Waals surface area contributed by atoms with Crippen molar-refractivity contribution in [2.75, 3.05) is 26.8 Å². The molecule has 0 saturated carbocycles. The van der Waals surface area contributed by atoms with Crippen LogP contribution in [0.2, 0.25) is 0 Å². The molecule has 0 fully saturated rings. The first kappa shape index (κ1) is 14.8. The Morgan fingerprint density at radius 1 is 1.40 bits per heavy atom. The standard InChI is InChI=1S/C16H22N2O2/c1-20-12-14-7-9-18(10-8-14)16(19)15(17)11-13-5-3-2-4-6-13/h2-7,15H,8-12,17H2,1H3. The lowest BCUT2D eigenvalue weighted by Gasteiger charge is -2.28. The fourth-order valence-corrected chi connectivity index (χ4v) is 2.42. The van der Waals surface area contributed by atoms with Crippen LogP contribution in [-0.4, -0.2) is 43.7 Å². The van der Waals surface area contributed by atoms with Gasteiger partial charge < -0.3 is 15.4 Å². The number of nitrogens with zero attached hydrogens (tertiary/aromatic N) is 1. The van der Waals surface area contributed by atoms with E-state index in [1.54, 1.807) is 7.11 Å². The summed E-state index contributed by atoms with van der Waals surface area (Å²) in [4.78, 5) is 14.1. The molecule has 108 valence electrons. The first-order valence-electron chi connectivity index (χ1n) is 6.96. The molecule has 1 aromatic rings. The van der Waals surface area contributed by atoms with Gasteiger partial charge in [-0.25, -0.2) is 0 Å². The van der Waals surface area contributed by atoms with Crippen LogP contribution in [0.5, 0.6) is 0 Å². The summed E-state index contributed by atoms with van der Waals surface area (Å²) in [7, 11) is 1.69. The predicted molar refractivity (Wildman–Crippen MR) is 79.3 cm³/mol. The number of benzene rings is 1. The van der Waals surface area contributed by atoms with Crippen molar-refractivity contribution in [3.63, 3.8) is 0 Å². The van der Waals surface area contributed by atoms with Gasteiger partial charge in [-0.2, -0.15) is 0 Å². The number of methoxy groups -OCH3 is 1. The summed E-state index contributed by atoms with van der Waals surface area (Å²) >= 11 is 0. The van der Waals surface area contributed by atoms with Gasteiger partial charge in [0, 0.05) is 20.2 Å². The molecule has 2 N–H and O–H groups in total. The van der Waals surface area contributed by atoms with Crippen LogP contribution in [-0.2, 0) is 16.0 Å². The Morgan fingerprint density at radius 2 is 2.15 bits per heavy atom. The summed E-state index contributed by atoms with van der Waals surface area (Å²) < 4.78 is 5.11. The first-order valence-corrected chi connectivity index (χ1v) is 6.96. The summed E-state index contributed by atoms with van der Waals surface area (Å²) in [6.45, 7) is 2.02. The van der Waals surface area contributed by atoms with Gasteiger partial charge >= 0.3 is 0 Å². The van der Waals surface area contributed by atoms with E-state index in [1.807, 2.05) is 35.2 Å². The van der Waals surface area contributed by atoms with Crippen LogP contribution in [0.3, 0.4) is 0 Å². The lowest BCUT2D eigenvalue weighted by Crippen LogP contribution is -2.46. The SMILES string of the molecule is COCC1=CCN(C(=O)C(N)Cc2ccccc2)CC1. The molecule has 0 aromatic heterocycles. The lowest BCUT2D eigenvalue weighted by molar-refractivity contribution is -0.132. The fourth-order valence-electron chi connectivity index (χ4n) is 2.42. The molecule has 20 heavy (non-hydrogen) atoms. The third-order valence-corrected chi connectivity index (χ3v) is 3.56. The van der Waals surface area contributed by atoms with Crippen LogP contribution in [0.25, 0.3) is 0 Å². The van der Waals surface area contributed by atoms with E-state index >= 15 is 0 Å². The number of hydrogen-bond donors (Lipinski definition) is 1. The lowest BCUT2D eigenvalue weighted by atomic mass is 10.0. The van der Waals surface area contributed by atoms with Crippen molar-refractivity contribution in [3.05, 3.63) is 47.5 Å². The van der Waals surface area contributed by atoms with Gasteiger partial charge in [0.05, 0.1) is 12.6 Å². The maximum Gasteiger partial charge on any atom is 0.240 e. The van der Waals surface area contributed by atoms with Crippen molar-refractivity contribution < 1.29 is 9.53 Å². The molecule has 2 rings (SSSR count). The molecule has 1 heterocycles. The molecular formula is C16H22N2O2. The van der Waals surface area contributed by atoms with Crippen molar-refractivity contribution in [1.82, 2.24) is 4.90 Å². The smallest absolute Gasteiger partial charge is 0.240 e. The minimum absolute atomic E-state index is 0.0292. The molecule has 0 saturated heterocycles. The highest BCUT2D eigenvalue weighted by Crippen LogP contribution is 2.13. The van der Waals surface area contributed by atoms with Crippen molar-refractivity contribution in [2.24, 2.45) is 5.73 Å². The number of hydrogen-bond acceptors (Lipinski definition) is 3. The molecule has 4 heteroatoms. The van der Waals surface area contributed by atoms with Crippen LogP contribution in [0.4, 0.5) is 0 Å². The molecule has 1 aliphatic heterocycles. The number of ether oxygens (including phenoxy) is 1. The summed E-state index contributed by atoms with van der Waals surface area (Å²) in [5.41, 5.74) is 8.39. The van der Waals surface area contributed by atoms with Gasteiger partial charge in [0.15, 0.2) is 0 Å². The summed E-state index contributed by atoms with van der Waals surface area (Å²) in [6.07, 6.45) is 3.53. The zero-order valence-electron chi connectivity index (χ0n) is 11.9. The molecule has 1 aliphatic rings. The van der Waals surface area contributed by atoms with Gasteiger partial charge in [-0.15, -0.1) is 0 Å². The third kappa shape index (κ3) is 3.92. The van der Waals surface area contributed by atoms with Crippen LogP contribution >= 0.6 is 0 Å². The maximum absolute atomic E-state index is 12.3. The second kappa shape index (κ2) is 7.22. The zero-order valence-corrected chi connectivity index (χ0v) is 11.9. The van der Waals surface area contributed by atoms with Gasteiger partial charge in [-0.1, -0.05) is 36.4 Å². The highest BCUT2D eigenvalue weighted by atomic mass is 16.5. The van der Waals surface area contributed by atoms with E-state index in [0.717, 1.165) is 18.5 Å². The normalized spacial score (nSPS) is 16.7. The van der Waals surface area contributed by atoms with E-state index in [1.165, 1.54) is 5.57 Å². The van der Waals surface area contributed by atoms with Gasteiger partial charge in [-0.05, 0) is 24.0 Å². The Bertz CT molecular complexity index is 471. The van der Waals surface area contributed by atoms with Gasteiger partial charge in [0.25, 0.3) is 0 Å². The number of amides is 1. The monoisotopic (exact) mass is 274 g/mol. The average Bonchev–Trinajstić information content (AvgIpc) is 2.48. The van der Waals surface area contributed by atoms with Crippen LogP contribution in [0.15, 0.2) is 42.0 Å². The highest BCUT2D eigenvalue weighted by Gasteiger charge is 2.22. The number of nitrogens with two attached hydrogens (primary N) is 1. The minimum Gasteiger partial charge on any atom is -0.380 e. The molecule has 0 spiro atoms. The van der Waals surface area contributed by atoms with E-state index in [0.29, 0.717) is 19.6 Å². The van der Waals surface area contributed by atoms with E-state index in [4.69, 9.17) is 10.5 Å². The van der Waals surface area contributed by atoms with Crippen molar-refractivity contribution in [2.45, 2.75) is 18.9 Å². The zero-order chi connectivity index (χ0) is 14.4. The van der Waals surface area contributed by atoms with E-state index in [9.17, 15) is 4.79 Å². The van der Waals surface area contributed by atoms with Crippen molar-refractivity contribution in [3.8, 4) is 0 Å². The molecule has 1 unspecified atom stereocenters. The van der Waals surface area contributed by atoms with Crippen LogP contribution < -0.4 is 5.73 Å².